The molecule has 4 heteroatoms. The van der Waals surface area contributed by atoms with Gasteiger partial charge in [-0.2, -0.15) is 0 Å². The third-order valence-electron chi connectivity index (χ3n) is 3.45. The zero-order valence-corrected chi connectivity index (χ0v) is 11.1. The molecule has 1 fully saturated rings. The number of hydrogen-bond acceptors (Lipinski definition) is 3. The van der Waals surface area contributed by atoms with E-state index in [9.17, 15) is 4.79 Å². The molecule has 18 heavy (non-hydrogen) atoms. The van der Waals surface area contributed by atoms with Gasteiger partial charge in [-0.05, 0) is 30.5 Å². The van der Waals surface area contributed by atoms with E-state index in [2.05, 4.69) is 0 Å². The highest BCUT2D eigenvalue weighted by Crippen LogP contribution is 2.36. The molecule has 0 spiro atoms. The molecule has 1 aliphatic rings. The van der Waals surface area contributed by atoms with Gasteiger partial charge in [0.2, 0.25) is 5.91 Å². The molecule has 1 amide bonds. The van der Waals surface area contributed by atoms with Crippen LogP contribution in [0, 0.1) is 0 Å². The monoisotopic (exact) mass is 249 g/mol. The van der Waals surface area contributed by atoms with Crippen LogP contribution in [-0.2, 0) is 4.79 Å². The summed E-state index contributed by atoms with van der Waals surface area (Å²) < 4.78 is 10.5. The van der Waals surface area contributed by atoms with E-state index in [-0.39, 0.29) is 11.9 Å². The van der Waals surface area contributed by atoms with Gasteiger partial charge < -0.3 is 14.4 Å². The van der Waals surface area contributed by atoms with Crippen LogP contribution in [0.2, 0.25) is 0 Å². The average molecular weight is 249 g/mol. The van der Waals surface area contributed by atoms with Gasteiger partial charge in [-0.3, -0.25) is 4.79 Å². The van der Waals surface area contributed by atoms with Crippen molar-refractivity contribution in [3.05, 3.63) is 23.8 Å². The van der Waals surface area contributed by atoms with Crippen LogP contribution in [0.25, 0.3) is 0 Å². The van der Waals surface area contributed by atoms with Gasteiger partial charge in [0.1, 0.15) is 0 Å². The minimum Gasteiger partial charge on any atom is -0.493 e. The van der Waals surface area contributed by atoms with Crippen molar-refractivity contribution in [2.75, 3.05) is 20.8 Å². The lowest BCUT2D eigenvalue weighted by Crippen LogP contribution is -2.28. The zero-order chi connectivity index (χ0) is 13.1. The van der Waals surface area contributed by atoms with Crippen LogP contribution in [0.4, 0.5) is 0 Å². The fourth-order valence-corrected chi connectivity index (χ4v) is 2.55. The predicted molar refractivity (Wildman–Crippen MR) is 68.9 cm³/mol. The number of benzene rings is 1. The molecule has 1 aromatic rings. The summed E-state index contributed by atoms with van der Waals surface area (Å²) in [6.45, 7) is 2.47. The smallest absolute Gasteiger partial charge is 0.219 e. The summed E-state index contributed by atoms with van der Waals surface area (Å²) in [4.78, 5) is 13.5. The number of hydrogen-bond donors (Lipinski definition) is 0. The summed E-state index contributed by atoms with van der Waals surface area (Å²) in [7, 11) is 3.24. The largest absolute Gasteiger partial charge is 0.493 e. The van der Waals surface area contributed by atoms with Gasteiger partial charge in [-0.1, -0.05) is 6.07 Å². The third kappa shape index (κ3) is 2.28. The SMILES string of the molecule is COc1ccc([C@@H]2CCCN2C(C)=O)cc1OC. The topological polar surface area (TPSA) is 38.8 Å². The van der Waals surface area contributed by atoms with Crippen molar-refractivity contribution in [3.63, 3.8) is 0 Å². The molecule has 0 bridgehead atoms. The number of nitrogens with zero attached hydrogens (tertiary/aromatic N) is 1. The molecule has 1 saturated heterocycles. The number of methoxy groups -OCH3 is 2. The van der Waals surface area contributed by atoms with Crippen LogP contribution in [0.1, 0.15) is 31.4 Å². The standard InChI is InChI=1S/C14H19NO3/c1-10(16)15-8-4-5-12(15)11-6-7-13(17-2)14(9-11)18-3/h6-7,9,12H,4-5,8H2,1-3H3/t12-/m0/s1. The van der Waals surface area contributed by atoms with Crippen molar-refractivity contribution in [1.29, 1.82) is 0 Å². The number of carbonyl (C=O) groups excluding carboxylic acids is 1. The lowest BCUT2D eigenvalue weighted by atomic mass is 10.0. The molecule has 1 heterocycles. The summed E-state index contributed by atoms with van der Waals surface area (Å²) in [5.74, 6) is 1.56. The first kappa shape index (κ1) is 12.7. The second kappa shape index (κ2) is 5.29. The maximum atomic E-state index is 11.6. The number of ether oxygens (including phenoxy) is 2. The van der Waals surface area contributed by atoms with Crippen LogP contribution < -0.4 is 9.47 Å². The second-order valence-electron chi connectivity index (χ2n) is 4.48. The first-order valence-electron chi connectivity index (χ1n) is 6.16. The minimum atomic E-state index is 0.132. The summed E-state index contributed by atoms with van der Waals surface area (Å²) in [6.07, 6.45) is 2.06. The fraction of sp³-hybridized carbons (Fsp3) is 0.500. The molecular weight excluding hydrogens is 230 g/mol. The van der Waals surface area contributed by atoms with E-state index in [4.69, 9.17) is 9.47 Å². The van der Waals surface area contributed by atoms with Crippen molar-refractivity contribution in [3.8, 4) is 11.5 Å². The molecule has 98 valence electrons. The Morgan fingerprint density at radius 1 is 1.28 bits per heavy atom. The van der Waals surface area contributed by atoms with Crippen LogP contribution in [0.5, 0.6) is 11.5 Å². The van der Waals surface area contributed by atoms with E-state index in [1.54, 1.807) is 21.1 Å². The Morgan fingerprint density at radius 3 is 2.61 bits per heavy atom. The zero-order valence-electron chi connectivity index (χ0n) is 11.1. The molecule has 0 aliphatic carbocycles. The minimum absolute atomic E-state index is 0.132. The molecule has 0 aromatic heterocycles. The van der Waals surface area contributed by atoms with E-state index in [1.165, 1.54) is 0 Å². The van der Waals surface area contributed by atoms with E-state index >= 15 is 0 Å². The van der Waals surface area contributed by atoms with Crippen LogP contribution >= 0.6 is 0 Å². The highest BCUT2D eigenvalue weighted by atomic mass is 16.5. The molecule has 1 aromatic carbocycles. The van der Waals surface area contributed by atoms with Crippen LogP contribution in [-0.4, -0.2) is 31.6 Å². The molecule has 1 atom stereocenters. The fourth-order valence-electron chi connectivity index (χ4n) is 2.55. The van der Waals surface area contributed by atoms with Gasteiger partial charge in [0, 0.05) is 13.5 Å². The summed E-state index contributed by atoms with van der Waals surface area (Å²) in [5.41, 5.74) is 1.11. The highest BCUT2D eigenvalue weighted by molar-refractivity contribution is 5.74. The Hall–Kier alpha value is -1.71. The molecule has 1 aliphatic heterocycles. The molecule has 0 saturated carbocycles. The van der Waals surface area contributed by atoms with Crippen molar-refractivity contribution in [1.82, 2.24) is 4.90 Å². The first-order valence-corrected chi connectivity index (χ1v) is 6.16. The van der Waals surface area contributed by atoms with E-state index in [0.29, 0.717) is 11.5 Å². The molecule has 4 nitrogen and oxygen atoms in total. The van der Waals surface area contributed by atoms with Crippen molar-refractivity contribution < 1.29 is 14.3 Å². The summed E-state index contributed by atoms with van der Waals surface area (Å²) in [6, 6.07) is 6.03. The Morgan fingerprint density at radius 2 is 2.00 bits per heavy atom. The summed E-state index contributed by atoms with van der Waals surface area (Å²) >= 11 is 0. The predicted octanol–water partition coefficient (Wildman–Crippen LogP) is 2.39. The van der Waals surface area contributed by atoms with Gasteiger partial charge in [0.15, 0.2) is 11.5 Å². The van der Waals surface area contributed by atoms with Crippen molar-refractivity contribution in [2.24, 2.45) is 0 Å². The lowest BCUT2D eigenvalue weighted by molar-refractivity contribution is -0.129. The van der Waals surface area contributed by atoms with E-state index < -0.39 is 0 Å². The second-order valence-corrected chi connectivity index (χ2v) is 4.48. The van der Waals surface area contributed by atoms with Gasteiger partial charge in [0.25, 0.3) is 0 Å². The molecular formula is C14H19NO3. The van der Waals surface area contributed by atoms with Crippen molar-refractivity contribution in [2.45, 2.75) is 25.8 Å². The normalized spacial score (nSPS) is 18.8. The van der Waals surface area contributed by atoms with E-state index in [0.717, 1.165) is 24.9 Å². The Balaban J connectivity index is 2.30. The molecule has 0 radical (unpaired) electrons. The Kier molecular flexibility index (Phi) is 3.75. The average Bonchev–Trinajstić information content (AvgIpc) is 2.87. The van der Waals surface area contributed by atoms with Crippen molar-refractivity contribution >= 4 is 5.91 Å². The van der Waals surface area contributed by atoms with Crippen LogP contribution in [0.3, 0.4) is 0 Å². The van der Waals surface area contributed by atoms with Gasteiger partial charge in [-0.25, -0.2) is 0 Å². The summed E-state index contributed by atoms with van der Waals surface area (Å²) in [5, 5.41) is 0. The highest BCUT2D eigenvalue weighted by Gasteiger charge is 2.28. The number of amides is 1. The number of rotatable bonds is 3. The quantitative estimate of drug-likeness (QED) is 0.825. The molecule has 0 N–H and O–H groups in total. The Bertz CT molecular complexity index is 445. The van der Waals surface area contributed by atoms with Gasteiger partial charge in [0.05, 0.1) is 20.3 Å². The number of likely N-dealkylation sites (tertiary alicyclic amines) is 1. The maximum Gasteiger partial charge on any atom is 0.219 e. The molecule has 2 rings (SSSR count). The van der Waals surface area contributed by atoms with Crippen LogP contribution in [0.15, 0.2) is 18.2 Å². The van der Waals surface area contributed by atoms with E-state index in [1.807, 2.05) is 23.1 Å². The Labute approximate surface area is 107 Å². The lowest BCUT2D eigenvalue weighted by Gasteiger charge is -2.24. The first-order chi connectivity index (χ1) is 8.67. The number of carbonyl (C=O) groups is 1. The van der Waals surface area contributed by atoms with Gasteiger partial charge >= 0.3 is 0 Å². The maximum absolute atomic E-state index is 11.6. The van der Waals surface area contributed by atoms with Gasteiger partial charge in [-0.15, -0.1) is 0 Å². The molecule has 0 unspecified atom stereocenters. The third-order valence-corrected chi connectivity index (χ3v) is 3.45.